The van der Waals surface area contributed by atoms with E-state index in [1.165, 1.54) is 22.8 Å². The lowest BCUT2D eigenvalue weighted by Crippen LogP contribution is -1.87. The summed E-state index contributed by atoms with van der Waals surface area (Å²) in [4.78, 5) is 0. The van der Waals surface area contributed by atoms with Gasteiger partial charge in [-0.25, -0.2) is 0 Å². The lowest BCUT2D eigenvalue weighted by molar-refractivity contribution is 0.927. The first-order valence-electron chi connectivity index (χ1n) is 4.60. The van der Waals surface area contributed by atoms with Crippen molar-refractivity contribution in [2.75, 3.05) is 0 Å². The summed E-state index contributed by atoms with van der Waals surface area (Å²) >= 11 is 0. The molecule has 1 aromatic carbocycles. The van der Waals surface area contributed by atoms with Gasteiger partial charge in [0.25, 0.3) is 0 Å². The van der Waals surface area contributed by atoms with Gasteiger partial charge >= 0.3 is 0 Å². The molecule has 0 atom stereocenters. The molecule has 0 saturated carbocycles. The SMILES string of the molecule is CCCc1cccc2cnncc12. The van der Waals surface area contributed by atoms with Gasteiger partial charge in [-0.3, -0.25) is 0 Å². The Bertz CT molecular complexity index is 404. The van der Waals surface area contributed by atoms with Gasteiger partial charge in [0.2, 0.25) is 0 Å². The highest BCUT2D eigenvalue weighted by molar-refractivity contribution is 5.83. The van der Waals surface area contributed by atoms with E-state index in [1.807, 2.05) is 12.4 Å². The molecular formula is C11H12N2. The Morgan fingerprint density at radius 3 is 2.85 bits per heavy atom. The van der Waals surface area contributed by atoms with E-state index in [9.17, 15) is 0 Å². The molecule has 0 aliphatic carbocycles. The number of aromatic nitrogens is 2. The molecule has 0 radical (unpaired) electrons. The van der Waals surface area contributed by atoms with E-state index in [2.05, 4.69) is 35.3 Å². The molecular weight excluding hydrogens is 160 g/mol. The Morgan fingerprint density at radius 1 is 1.15 bits per heavy atom. The van der Waals surface area contributed by atoms with Crippen LogP contribution in [0.3, 0.4) is 0 Å². The summed E-state index contributed by atoms with van der Waals surface area (Å²) < 4.78 is 0. The van der Waals surface area contributed by atoms with Gasteiger partial charge in [-0.1, -0.05) is 31.5 Å². The molecule has 0 spiro atoms. The van der Waals surface area contributed by atoms with Crippen LogP contribution in [0, 0.1) is 0 Å². The average molecular weight is 172 g/mol. The summed E-state index contributed by atoms with van der Waals surface area (Å²) in [7, 11) is 0. The highest BCUT2D eigenvalue weighted by atomic mass is 15.1. The van der Waals surface area contributed by atoms with Crippen molar-refractivity contribution in [3.05, 3.63) is 36.2 Å². The average Bonchev–Trinajstić information content (AvgIpc) is 2.19. The number of rotatable bonds is 2. The van der Waals surface area contributed by atoms with Crippen molar-refractivity contribution in [3.63, 3.8) is 0 Å². The van der Waals surface area contributed by atoms with E-state index < -0.39 is 0 Å². The second-order valence-electron chi connectivity index (χ2n) is 3.16. The predicted molar refractivity (Wildman–Crippen MR) is 53.5 cm³/mol. The highest BCUT2D eigenvalue weighted by Gasteiger charge is 1.98. The summed E-state index contributed by atoms with van der Waals surface area (Å²) in [6.45, 7) is 2.19. The molecule has 2 rings (SSSR count). The molecule has 0 amide bonds. The molecule has 2 heteroatoms. The van der Waals surface area contributed by atoms with Crippen molar-refractivity contribution < 1.29 is 0 Å². The Labute approximate surface area is 77.6 Å². The van der Waals surface area contributed by atoms with Gasteiger partial charge in [-0.05, 0) is 12.0 Å². The number of hydrogen-bond acceptors (Lipinski definition) is 2. The fourth-order valence-electron chi connectivity index (χ4n) is 1.58. The maximum Gasteiger partial charge on any atom is 0.0577 e. The van der Waals surface area contributed by atoms with Gasteiger partial charge < -0.3 is 0 Å². The molecule has 1 heterocycles. The molecule has 0 unspecified atom stereocenters. The van der Waals surface area contributed by atoms with Crippen molar-refractivity contribution in [2.24, 2.45) is 0 Å². The molecule has 0 fully saturated rings. The summed E-state index contributed by atoms with van der Waals surface area (Å²) in [5, 5.41) is 10.2. The predicted octanol–water partition coefficient (Wildman–Crippen LogP) is 2.58. The molecule has 0 N–H and O–H groups in total. The number of benzene rings is 1. The van der Waals surface area contributed by atoms with Gasteiger partial charge in [0.05, 0.1) is 12.4 Å². The van der Waals surface area contributed by atoms with E-state index in [4.69, 9.17) is 0 Å². The zero-order valence-corrected chi connectivity index (χ0v) is 7.70. The standard InChI is InChI=1S/C11H12N2/c1-2-4-9-5-3-6-10-7-12-13-8-11(9)10/h3,5-8H,2,4H2,1H3. The van der Waals surface area contributed by atoms with E-state index in [1.54, 1.807) is 0 Å². The van der Waals surface area contributed by atoms with Crippen LogP contribution in [0.25, 0.3) is 10.8 Å². The Hall–Kier alpha value is -1.44. The number of fused-ring (bicyclic) bond motifs is 1. The normalized spacial score (nSPS) is 10.5. The molecule has 2 nitrogen and oxygen atoms in total. The lowest BCUT2D eigenvalue weighted by Gasteiger charge is -2.02. The zero-order chi connectivity index (χ0) is 9.10. The Balaban J connectivity index is 2.61. The third-order valence-corrected chi connectivity index (χ3v) is 2.20. The van der Waals surface area contributed by atoms with E-state index >= 15 is 0 Å². The van der Waals surface area contributed by atoms with Crippen molar-refractivity contribution in [3.8, 4) is 0 Å². The van der Waals surface area contributed by atoms with Crippen molar-refractivity contribution in [1.82, 2.24) is 10.2 Å². The molecule has 0 aliphatic rings. The molecule has 0 saturated heterocycles. The van der Waals surface area contributed by atoms with Crippen LogP contribution in [0.4, 0.5) is 0 Å². The highest BCUT2D eigenvalue weighted by Crippen LogP contribution is 2.17. The third-order valence-electron chi connectivity index (χ3n) is 2.20. The maximum absolute atomic E-state index is 3.91. The topological polar surface area (TPSA) is 25.8 Å². The minimum atomic E-state index is 1.11. The molecule has 0 bridgehead atoms. The fourth-order valence-corrected chi connectivity index (χ4v) is 1.58. The molecule has 66 valence electrons. The van der Waals surface area contributed by atoms with Crippen LogP contribution in [-0.2, 0) is 6.42 Å². The van der Waals surface area contributed by atoms with Crippen LogP contribution in [0.1, 0.15) is 18.9 Å². The number of hydrogen-bond donors (Lipinski definition) is 0. The van der Waals surface area contributed by atoms with Crippen molar-refractivity contribution in [2.45, 2.75) is 19.8 Å². The summed E-state index contributed by atoms with van der Waals surface area (Å²) in [6, 6.07) is 6.31. The van der Waals surface area contributed by atoms with Gasteiger partial charge in [0.1, 0.15) is 0 Å². The van der Waals surface area contributed by atoms with Crippen molar-refractivity contribution >= 4 is 10.8 Å². The largest absolute Gasteiger partial charge is 0.158 e. The molecule has 0 aliphatic heterocycles. The van der Waals surface area contributed by atoms with Crippen LogP contribution >= 0.6 is 0 Å². The van der Waals surface area contributed by atoms with Crippen LogP contribution in [0.15, 0.2) is 30.6 Å². The maximum atomic E-state index is 3.91. The number of aryl methyl sites for hydroxylation is 1. The van der Waals surface area contributed by atoms with Crippen LogP contribution in [0.2, 0.25) is 0 Å². The van der Waals surface area contributed by atoms with Gasteiger partial charge in [0.15, 0.2) is 0 Å². The second-order valence-corrected chi connectivity index (χ2v) is 3.16. The first-order valence-corrected chi connectivity index (χ1v) is 4.60. The lowest BCUT2D eigenvalue weighted by atomic mass is 10.0. The fraction of sp³-hybridized carbons (Fsp3) is 0.273. The Morgan fingerprint density at radius 2 is 2.00 bits per heavy atom. The van der Waals surface area contributed by atoms with Gasteiger partial charge in [-0.15, -0.1) is 0 Å². The van der Waals surface area contributed by atoms with Crippen LogP contribution in [-0.4, -0.2) is 10.2 Å². The minimum Gasteiger partial charge on any atom is -0.158 e. The smallest absolute Gasteiger partial charge is 0.0577 e. The van der Waals surface area contributed by atoms with E-state index in [0.29, 0.717) is 0 Å². The van der Waals surface area contributed by atoms with E-state index in [-0.39, 0.29) is 0 Å². The molecule has 1 aromatic heterocycles. The Kier molecular flexibility index (Phi) is 2.21. The quantitative estimate of drug-likeness (QED) is 0.695. The van der Waals surface area contributed by atoms with E-state index in [0.717, 1.165) is 6.42 Å². The first kappa shape index (κ1) is 8.17. The monoisotopic (exact) mass is 172 g/mol. The van der Waals surface area contributed by atoms with Crippen LogP contribution < -0.4 is 0 Å². The minimum absolute atomic E-state index is 1.11. The molecule has 13 heavy (non-hydrogen) atoms. The van der Waals surface area contributed by atoms with Crippen LogP contribution in [0.5, 0.6) is 0 Å². The summed E-state index contributed by atoms with van der Waals surface area (Å²) in [5.41, 5.74) is 1.37. The van der Waals surface area contributed by atoms with Crippen molar-refractivity contribution in [1.29, 1.82) is 0 Å². The van der Waals surface area contributed by atoms with Gasteiger partial charge in [-0.2, -0.15) is 10.2 Å². The number of nitrogens with zero attached hydrogens (tertiary/aromatic N) is 2. The first-order chi connectivity index (χ1) is 6.42. The van der Waals surface area contributed by atoms with Gasteiger partial charge in [0, 0.05) is 10.8 Å². The summed E-state index contributed by atoms with van der Waals surface area (Å²) in [5.74, 6) is 0. The molecule has 2 aromatic rings. The third kappa shape index (κ3) is 1.52. The zero-order valence-electron chi connectivity index (χ0n) is 7.70. The second kappa shape index (κ2) is 3.52. The summed E-state index contributed by atoms with van der Waals surface area (Å²) in [6.07, 6.45) is 5.94.